The number of nitrogens with zero attached hydrogens (tertiary/aromatic N) is 1. The second-order valence-electron chi connectivity index (χ2n) is 6.79. The van der Waals surface area contributed by atoms with Gasteiger partial charge in [0.2, 0.25) is 10.0 Å². The van der Waals surface area contributed by atoms with Gasteiger partial charge in [-0.2, -0.15) is 4.31 Å². The summed E-state index contributed by atoms with van der Waals surface area (Å²) in [5.41, 5.74) is 1.11. The summed E-state index contributed by atoms with van der Waals surface area (Å²) in [6.45, 7) is 4.65. The van der Waals surface area contributed by atoms with E-state index >= 15 is 0 Å². The molecule has 7 nitrogen and oxygen atoms in total. The van der Waals surface area contributed by atoms with Crippen molar-refractivity contribution in [3.63, 3.8) is 0 Å². The minimum atomic E-state index is -3.68. The lowest BCUT2D eigenvalue weighted by Gasteiger charge is -2.26. The van der Waals surface area contributed by atoms with Crippen LogP contribution in [-0.2, 0) is 19.6 Å². The third kappa shape index (κ3) is 5.07. The highest BCUT2D eigenvalue weighted by Crippen LogP contribution is 2.32. The van der Waals surface area contributed by atoms with Gasteiger partial charge in [0.25, 0.3) is 5.91 Å². The lowest BCUT2D eigenvalue weighted by atomic mass is 10.2. The van der Waals surface area contributed by atoms with Crippen molar-refractivity contribution in [1.82, 2.24) is 4.31 Å². The minimum absolute atomic E-state index is 0.108. The number of sulfonamides is 1. The minimum Gasteiger partial charge on any atom is -0.479 e. The molecule has 1 amide bonds. The van der Waals surface area contributed by atoms with Crippen LogP contribution in [0.15, 0.2) is 41.3 Å². The highest BCUT2D eigenvalue weighted by atomic mass is 35.5. The predicted octanol–water partition coefficient (Wildman–Crippen LogP) is 3.73. The van der Waals surface area contributed by atoms with E-state index in [-0.39, 0.29) is 15.7 Å². The summed E-state index contributed by atoms with van der Waals surface area (Å²) in [6.07, 6.45) is -0.889. The molecule has 0 aliphatic carbocycles. The van der Waals surface area contributed by atoms with E-state index in [1.165, 1.54) is 16.4 Å². The molecule has 0 saturated carbocycles. The molecule has 1 atom stereocenters. The van der Waals surface area contributed by atoms with Gasteiger partial charge in [-0.1, -0.05) is 35.3 Å². The number of carbonyl (C=O) groups excluding carboxylic acids is 1. The van der Waals surface area contributed by atoms with Crippen molar-refractivity contribution >= 4 is 44.8 Å². The van der Waals surface area contributed by atoms with Gasteiger partial charge < -0.3 is 14.8 Å². The van der Waals surface area contributed by atoms with E-state index in [9.17, 15) is 13.2 Å². The number of amides is 1. The summed E-state index contributed by atoms with van der Waals surface area (Å²) in [4.78, 5) is 12.7. The monoisotopic (exact) mass is 472 g/mol. The molecule has 3 rings (SSSR count). The maximum atomic E-state index is 12.9. The number of benzene rings is 2. The number of halogens is 2. The molecular weight excluding hydrogens is 451 g/mol. The van der Waals surface area contributed by atoms with Crippen LogP contribution in [0.25, 0.3) is 0 Å². The molecule has 1 unspecified atom stereocenters. The summed E-state index contributed by atoms with van der Waals surface area (Å²) in [5, 5.41) is 3.27. The molecule has 0 spiro atoms. The summed E-state index contributed by atoms with van der Waals surface area (Å²) in [6, 6.07) is 9.53. The van der Waals surface area contributed by atoms with Gasteiger partial charge in [0, 0.05) is 18.8 Å². The first-order chi connectivity index (χ1) is 14.2. The molecule has 0 aromatic heterocycles. The van der Waals surface area contributed by atoms with E-state index in [0.717, 1.165) is 5.56 Å². The third-order valence-corrected chi connectivity index (χ3v) is 7.36. The van der Waals surface area contributed by atoms with Crippen molar-refractivity contribution in [3.8, 4) is 5.75 Å². The van der Waals surface area contributed by atoms with Crippen LogP contribution in [-0.4, -0.2) is 51.0 Å². The Morgan fingerprint density at radius 3 is 2.60 bits per heavy atom. The van der Waals surface area contributed by atoms with Crippen LogP contribution < -0.4 is 10.1 Å². The molecule has 0 radical (unpaired) electrons. The largest absolute Gasteiger partial charge is 0.479 e. The molecule has 1 aliphatic heterocycles. The molecule has 162 valence electrons. The molecule has 1 N–H and O–H groups in total. The van der Waals surface area contributed by atoms with Gasteiger partial charge in [-0.25, -0.2) is 8.42 Å². The fourth-order valence-electron chi connectivity index (χ4n) is 2.89. The van der Waals surface area contributed by atoms with Crippen molar-refractivity contribution in [3.05, 3.63) is 52.0 Å². The van der Waals surface area contributed by atoms with E-state index in [1.807, 2.05) is 0 Å². The van der Waals surface area contributed by atoms with Crippen molar-refractivity contribution in [2.24, 2.45) is 0 Å². The summed E-state index contributed by atoms with van der Waals surface area (Å²) in [7, 11) is -3.68. The highest BCUT2D eigenvalue weighted by Gasteiger charge is 2.27. The Bertz CT molecular complexity index is 1040. The fraction of sp³-hybridized carbons (Fsp3) is 0.350. The predicted molar refractivity (Wildman–Crippen MR) is 116 cm³/mol. The molecule has 1 fully saturated rings. The smallest absolute Gasteiger partial charge is 0.265 e. The van der Waals surface area contributed by atoms with E-state index in [2.05, 4.69) is 5.32 Å². The van der Waals surface area contributed by atoms with Crippen LogP contribution in [0.1, 0.15) is 12.5 Å². The number of anilines is 1. The Hall–Kier alpha value is -1.84. The van der Waals surface area contributed by atoms with Crippen molar-refractivity contribution in [2.45, 2.75) is 24.8 Å². The zero-order valence-electron chi connectivity index (χ0n) is 16.5. The molecule has 0 bridgehead atoms. The first kappa shape index (κ1) is 22.8. The number of nitrogens with one attached hydrogen (secondary N) is 1. The molecule has 10 heteroatoms. The number of ether oxygens (including phenoxy) is 2. The van der Waals surface area contributed by atoms with Gasteiger partial charge in [0.1, 0.15) is 10.8 Å². The standard InChI is InChI=1S/C20H22Cl2N2O5S/c1-13-6-7-15(30(26,27)24-8-10-28-11-9-24)12-17(13)23-20(25)14(2)29-18-5-3-4-16(21)19(18)22/h3-7,12,14H,8-11H2,1-2H3,(H,23,25). The van der Waals surface area contributed by atoms with Crippen molar-refractivity contribution in [2.75, 3.05) is 31.6 Å². The fourth-order valence-corrected chi connectivity index (χ4v) is 4.66. The molecule has 1 aliphatic rings. The second-order valence-corrected chi connectivity index (χ2v) is 9.52. The molecule has 1 heterocycles. The summed E-state index contributed by atoms with van der Waals surface area (Å²) in [5.74, 6) is -0.165. The van der Waals surface area contributed by atoms with Gasteiger partial charge in [-0.05, 0) is 43.7 Å². The lowest BCUT2D eigenvalue weighted by molar-refractivity contribution is -0.122. The molecule has 2 aromatic rings. The van der Waals surface area contributed by atoms with E-state index in [1.54, 1.807) is 38.1 Å². The lowest BCUT2D eigenvalue weighted by Crippen LogP contribution is -2.40. The number of rotatable bonds is 6. The van der Waals surface area contributed by atoms with Gasteiger partial charge in [0.15, 0.2) is 6.10 Å². The number of aryl methyl sites for hydroxylation is 1. The highest BCUT2D eigenvalue weighted by molar-refractivity contribution is 7.89. The Morgan fingerprint density at radius 1 is 1.20 bits per heavy atom. The zero-order chi connectivity index (χ0) is 21.9. The Kier molecular flexibility index (Phi) is 7.26. The Morgan fingerprint density at radius 2 is 1.90 bits per heavy atom. The summed E-state index contributed by atoms with van der Waals surface area (Å²) >= 11 is 12.1. The van der Waals surface area contributed by atoms with Crippen LogP contribution in [0, 0.1) is 6.92 Å². The van der Waals surface area contributed by atoms with E-state index < -0.39 is 22.0 Å². The average molecular weight is 473 g/mol. The zero-order valence-corrected chi connectivity index (χ0v) is 18.9. The molecule has 30 heavy (non-hydrogen) atoms. The van der Waals surface area contributed by atoms with Crippen LogP contribution in [0.4, 0.5) is 5.69 Å². The van der Waals surface area contributed by atoms with Crippen LogP contribution in [0.3, 0.4) is 0 Å². The normalized spacial score (nSPS) is 16.1. The number of morpholine rings is 1. The van der Waals surface area contributed by atoms with E-state index in [0.29, 0.717) is 37.0 Å². The van der Waals surface area contributed by atoms with Crippen molar-refractivity contribution < 1.29 is 22.7 Å². The van der Waals surface area contributed by atoms with Gasteiger partial charge in [-0.15, -0.1) is 0 Å². The van der Waals surface area contributed by atoms with Gasteiger partial charge in [-0.3, -0.25) is 4.79 Å². The number of hydrogen-bond donors (Lipinski definition) is 1. The SMILES string of the molecule is Cc1ccc(S(=O)(=O)N2CCOCC2)cc1NC(=O)C(C)Oc1cccc(Cl)c1Cl. The van der Waals surface area contributed by atoms with Crippen LogP contribution in [0.2, 0.25) is 10.0 Å². The average Bonchev–Trinajstić information content (AvgIpc) is 2.73. The topological polar surface area (TPSA) is 84.9 Å². The molecule has 1 saturated heterocycles. The molecular formula is C20H22Cl2N2O5S. The molecule has 2 aromatic carbocycles. The maximum absolute atomic E-state index is 12.9. The first-order valence-corrected chi connectivity index (χ1v) is 11.5. The van der Waals surface area contributed by atoms with Gasteiger partial charge >= 0.3 is 0 Å². The number of carbonyl (C=O) groups is 1. The summed E-state index contributed by atoms with van der Waals surface area (Å²) < 4.78 is 38.0. The third-order valence-electron chi connectivity index (χ3n) is 4.66. The van der Waals surface area contributed by atoms with Crippen LogP contribution in [0.5, 0.6) is 5.75 Å². The first-order valence-electron chi connectivity index (χ1n) is 9.30. The quantitative estimate of drug-likeness (QED) is 0.691. The maximum Gasteiger partial charge on any atom is 0.265 e. The van der Waals surface area contributed by atoms with Gasteiger partial charge in [0.05, 0.1) is 23.1 Å². The Labute approximate surface area is 185 Å². The van der Waals surface area contributed by atoms with E-state index in [4.69, 9.17) is 32.7 Å². The Balaban J connectivity index is 1.76. The second kappa shape index (κ2) is 9.53. The number of hydrogen-bond acceptors (Lipinski definition) is 5. The van der Waals surface area contributed by atoms with Crippen molar-refractivity contribution in [1.29, 1.82) is 0 Å². The van der Waals surface area contributed by atoms with Crippen LogP contribution >= 0.6 is 23.2 Å².